The van der Waals surface area contributed by atoms with Crippen molar-refractivity contribution in [1.82, 2.24) is 10.6 Å². The molecule has 22 heavy (non-hydrogen) atoms. The minimum atomic E-state index is -0.688. The predicted octanol–water partition coefficient (Wildman–Crippen LogP) is 0.589. The molecular weight excluding hydrogens is 284 g/mol. The van der Waals surface area contributed by atoms with Gasteiger partial charge in [0, 0.05) is 18.7 Å². The summed E-state index contributed by atoms with van der Waals surface area (Å²) in [7, 11) is 1.55. The van der Waals surface area contributed by atoms with Crippen LogP contribution in [0.1, 0.15) is 24.8 Å². The van der Waals surface area contributed by atoms with E-state index < -0.39 is 11.8 Å². The van der Waals surface area contributed by atoms with Crippen LogP contribution in [0.3, 0.4) is 0 Å². The summed E-state index contributed by atoms with van der Waals surface area (Å²) in [5.74, 6) is -0.336. The summed E-state index contributed by atoms with van der Waals surface area (Å²) in [5.41, 5.74) is 0.801. The van der Waals surface area contributed by atoms with Crippen LogP contribution in [-0.2, 0) is 16.1 Å². The van der Waals surface area contributed by atoms with E-state index in [9.17, 15) is 14.7 Å². The molecule has 2 amide bonds. The van der Waals surface area contributed by atoms with Crippen LogP contribution in [0.5, 0.6) is 5.75 Å². The standard InChI is InChI=1S/C16H22N2O4/c1-22-14-5-3-2-4-12(14)10-18-16(21)15(20)17-9-8-13(19)11-6-7-11/h2-5,11,13,19H,6-10H2,1H3,(H,17,20)(H,18,21)/t13-/m0/s1. The number of hydrogen-bond acceptors (Lipinski definition) is 4. The minimum Gasteiger partial charge on any atom is -0.496 e. The molecule has 0 aliphatic heterocycles. The normalized spacial score (nSPS) is 15.0. The van der Waals surface area contributed by atoms with Crippen LogP contribution in [0.25, 0.3) is 0 Å². The van der Waals surface area contributed by atoms with E-state index in [0.29, 0.717) is 24.6 Å². The molecule has 6 heteroatoms. The number of aliphatic hydroxyl groups excluding tert-OH is 1. The Bertz CT molecular complexity index is 529. The Labute approximate surface area is 129 Å². The Morgan fingerprint density at radius 3 is 2.64 bits per heavy atom. The molecule has 1 saturated carbocycles. The highest BCUT2D eigenvalue weighted by molar-refractivity contribution is 6.35. The molecular formula is C16H22N2O4. The van der Waals surface area contributed by atoms with Gasteiger partial charge in [0.15, 0.2) is 0 Å². The second-order valence-electron chi connectivity index (χ2n) is 5.44. The molecule has 1 aliphatic rings. The maximum atomic E-state index is 11.7. The van der Waals surface area contributed by atoms with Gasteiger partial charge in [-0.2, -0.15) is 0 Å². The maximum Gasteiger partial charge on any atom is 0.309 e. The fourth-order valence-electron chi connectivity index (χ4n) is 2.24. The van der Waals surface area contributed by atoms with E-state index in [1.54, 1.807) is 13.2 Å². The number of amides is 2. The molecule has 2 rings (SSSR count). The average molecular weight is 306 g/mol. The first-order valence-corrected chi connectivity index (χ1v) is 7.47. The van der Waals surface area contributed by atoms with E-state index >= 15 is 0 Å². The number of aliphatic hydroxyl groups is 1. The average Bonchev–Trinajstić information content (AvgIpc) is 3.37. The van der Waals surface area contributed by atoms with Gasteiger partial charge in [0.2, 0.25) is 0 Å². The van der Waals surface area contributed by atoms with Crippen LogP contribution in [0, 0.1) is 5.92 Å². The molecule has 120 valence electrons. The molecule has 0 heterocycles. The number of ether oxygens (including phenoxy) is 1. The second kappa shape index (κ2) is 7.79. The van der Waals surface area contributed by atoms with E-state index in [0.717, 1.165) is 18.4 Å². The van der Waals surface area contributed by atoms with Crippen LogP contribution < -0.4 is 15.4 Å². The summed E-state index contributed by atoms with van der Waals surface area (Å²) >= 11 is 0. The number of carbonyl (C=O) groups excluding carboxylic acids is 2. The summed E-state index contributed by atoms with van der Waals surface area (Å²) in [5, 5.41) is 14.8. The fraction of sp³-hybridized carbons (Fsp3) is 0.500. The molecule has 1 aromatic carbocycles. The Morgan fingerprint density at radius 2 is 1.95 bits per heavy atom. The van der Waals surface area contributed by atoms with Crippen molar-refractivity contribution in [2.45, 2.75) is 31.9 Å². The first-order chi connectivity index (χ1) is 10.6. The lowest BCUT2D eigenvalue weighted by Crippen LogP contribution is -2.40. The first kappa shape index (κ1) is 16.3. The van der Waals surface area contributed by atoms with Crippen LogP contribution in [0.4, 0.5) is 0 Å². The van der Waals surface area contributed by atoms with Crippen molar-refractivity contribution in [3.8, 4) is 5.75 Å². The van der Waals surface area contributed by atoms with Crippen molar-refractivity contribution in [1.29, 1.82) is 0 Å². The number of rotatable bonds is 7. The van der Waals surface area contributed by atoms with E-state index in [4.69, 9.17) is 4.74 Å². The highest BCUT2D eigenvalue weighted by atomic mass is 16.5. The number of nitrogens with one attached hydrogen (secondary N) is 2. The second-order valence-corrected chi connectivity index (χ2v) is 5.44. The predicted molar refractivity (Wildman–Crippen MR) is 81.2 cm³/mol. The summed E-state index contributed by atoms with van der Waals surface area (Å²) < 4.78 is 5.18. The summed E-state index contributed by atoms with van der Waals surface area (Å²) in [6.45, 7) is 0.527. The van der Waals surface area contributed by atoms with Crippen molar-refractivity contribution in [3.05, 3.63) is 29.8 Å². The van der Waals surface area contributed by atoms with Gasteiger partial charge in [-0.15, -0.1) is 0 Å². The zero-order valence-electron chi connectivity index (χ0n) is 12.7. The molecule has 0 saturated heterocycles. The molecule has 3 N–H and O–H groups in total. The third-order valence-electron chi connectivity index (χ3n) is 3.73. The molecule has 1 fully saturated rings. The van der Waals surface area contributed by atoms with Crippen molar-refractivity contribution < 1.29 is 19.4 Å². The zero-order chi connectivity index (χ0) is 15.9. The highest BCUT2D eigenvalue weighted by Gasteiger charge is 2.29. The van der Waals surface area contributed by atoms with Crippen molar-refractivity contribution in [3.63, 3.8) is 0 Å². The minimum absolute atomic E-state index is 0.223. The van der Waals surface area contributed by atoms with Crippen molar-refractivity contribution in [2.24, 2.45) is 5.92 Å². The van der Waals surface area contributed by atoms with Gasteiger partial charge in [0.05, 0.1) is 13.2 Å². The Morgan fingerprint density at radius 1 is 1.27 bits per heavy atom. The van der Waals surface area contributed by atoms with Gasteiger partial charge in [0.1, 0.15) is 5.75 Å². The third-order valence-corrected chi connectivity index (χ3v) is 3.73. The van der Waals surface area contributed by atoms with Crippen LogP contribution >= 0.6 is 0 Å². The topological polar surface area (TPSA) is 87.7 Å². The fourth-order valence-corrected chi connectivity index (χ4v) is 2.24. The molecule has 0 aromatic heterocycles. The number of para-hydroxylation sites is 1. The molecule has 6 nitrogen and oxygen atoms in total. The van der Waals surface area contributed by atoms with Crippen LogP contribution in [0.15, 0.2) is 24.3 Å². The summed E-state index contributed by atoms with van der Waals surface area (Å²) in [4.78, 5) is 23.4. The van der Waals surface area contributed by atoms with Crippen LogP contribution in [0.2, 0.25) is 0 Å². The van der Waals surface area contributed by atoms with Crippen LogP contribution in [-0.4, -0.2) is 36.7 Å². The largest absolute Gasteiger partial charge is 0.496 e. The van der Waals surface area contributed by atoms with Gasteiger partial charge in [-0.25, -0.2) is 0 Å². The highest BCUT2D eigenvalue weighted by Crippen LogP contribution is 2.33. The SMILES string of the molecule is COc1ccccc1CNC(=O)C(=O)NCC[C@H](O)C1CC1. The first-order valence-electron chi connectivity index (χ1n) is 7.47. The number of hydrogen-bond donors (Lipinski definition) is 3. The Kier molecular flexibility index (Phi) is 5.77. The Hall–Kier alpha value is -2.08. The third kappa shape index (κ3) is 4.73. The molecule has 1 aromatic rings. The molecule has 0 bridgehead atoms. The molecule has 1 aliphatic carbocycles. The van der Waals surface area contributed by atoms with Gasteiger partial charge in [-0.1, -0.05) is 18.2 Å². The lowest BCUT2D eigenvalue weighted by Gasteiger charge is -2.11. The lowest BCUT2D eigenvalue weighted by atomic mass is 10.1. The summed E-state index contributed by atoms with van der Waals surface area (Å²) in [6.07, 6.45) is 2.20. The van der Waals surface area contributed by atoms with Gasteiger partial charge in [0.25, 0.3) is 0 Å². The number of benzene rings is 1. The van der Waals surface area contributed by atoms with Crippen molar-refractivity contribution >= 4 is 11.8 Å². The van der Waals surface area contributed by atoms with E-state index in [2.05, 4.69) is 10.6 Å². The van der Waals surface area contributed by atoms with E-state index in [1.165, 1.54) is 0 Å². The Balaban J connectivity index is 1.70. The number of methoxy groups -OCH3 is 1. The van der Waals surface area contributed by atoms with E-state index in [-0.39, 0.29) is 12.6 Å². The van der Waals surface area contributed by atoms with Gasteiger partial charge < -0.3 is 20.5 Å². The molecule has 0 radical (unpaired) electrons. The molecule has 0 spiro atoms. The van der Waals surface area contributed by atoms with Crippen molar-refractivity contribution in [2.75, 3.05) is 13.7 Å². The maximum absolute atomic E-state index is 11.7. The van der Waals surface area contributed by atoms with Gasteiger partial charge >= 0.3 is 11.8 Å². The quantitative estimate of drug-likeness (QED) is 0.643. The van der Waals surface area contributed by atoms with E-state index in [1.807, 2.05) is 18.2 Å². The van der Waals surface area contributed by atoms with Gasteiger partial charge in [-0.05, 0) is 31.2 Å². The monoisotopic (exact) mass is 306 g/mol. The smallest absolute Gasteiger partial charge is 0.309 e. The van der Waals surface area contributed by atoms with Gasteiger partial charge in [-0.3, -0.25) is 9.59 Å². The zero-order valence-corrected chi connectivity index (χ0v) is 12.7. The molecule has 1 atom stereocenters. The summed E-state index contributed by atoms with van der Waals surface area (Å²) in [6, 6.07) is 7.29. The number of carbonyl (C=O) groups is 2. The lowest BCUT2D eigenvalue weighted by molar-refractivity contribution is -0.139. The molecule has 0 unspecified atom stereocenters.